The number of nitrogens with zero attached hydrogens (tertiary/aromatic N) is 1. The minimum absolute atomic E-state index is 0.186. The minimum Gasteiger partial charge on any atom is -0.444 e. The van der Waals surface area contributed by atoms with Gasteiger partial charge in [-0.05, 0) is 57.9 Å². The molecular formula is C18H14BrN3O3. The van der Waals surface area contributed by atoms with E-state index in [9.17, 15) is 9.59 Å². The van der Waals surface area contributed by atoms with Crippen LogP contribution in [0.4, 0.5) is 5.69 Å². The number of hydrogen-bond donors (Lipinski definition) is 2. The molecule has 0 saturated heterocycles. The van der Waals surface area contributed by atoms with Crippen molar-refractivity contribution in [3.63, 3.8) is 0 Å². The summed E-state index contributed by atoms with van der Waals surface area (Å²) in [5.41, 5.74) is 2.06. The van der Waals surface area contributed by atoms with Crippen LogP contribution in [0.25, 0.3) is 0 Å². The van der Waals surface area contributed by atoms with Crippen LogP contribution in [0, 0.1) is 0 Å². The fourth-order valence-corrected chi connectivity index (χ4v) is 2.42. The molecule has 2 N–H and O–H groups in total. The first-order valence-corrected chi connectivity index (χ1v) is 8.25. The quantitative estimate of drug-likeness (QED) is 0.685. The fourth-order valence-electron chi connectivity index (χ4n) is 2.12. The summed E-state index contributed by atoms with van der Waals surface area (Å²) in [6.45, 7) is 0.382. The summed E-state index contributed by atoms with van der Waals surface area (Å²) in [6, 6.07) is 13.8. The van der Waals surface area contributed by atoms with Gasteiger partial charge in [-0.25, -0.2) is 0 Å². The van der Waals surface area contributed by atoms with Gasteiger partial charge in [-0.2, -0.15) is 0 Å². The van der Waals surface area contributed by atoms with Gasteiger partial charge in [0.2, 0.25) is 0 Å². The second kappa shape index (κ2) is 7.76. The summed E-state index contributed by atoms with van der Waals surface area (Å²) in [4.78, 5) is 27.9. The van der Waals surface area contributed by atoms with Gasteiger partial charge in [-0.3, -0.25) is 14.6 Å². The van der Waals surface area contributed by atoms with Gasteiger partial charge >= 0.3 is 0 Å². The van der Waals surface area contributed by atoms with Crippen molar-refractivity contribution in [1.82, 2.24) is 10.3 Å². The summed E-state index contributed by atoms with van der Waals surface area (Å²) in [7, 11) is 0. The van der Waals surface area contributed by atoms with Crippen LogP contribution in [0.3, 0.4) is 0 Å². The van der Waals surface area contributed by atoms with Gasteiger partial charge < -0.3 is 15.1 Å². The lowest BCUT2D eigenvalue weighted by molar-refractivity contribution is 0.0949. The SMILES string of the molecule is O=C(NCc1ccc(NC(=O)c2ccc(Br)o2)cc1)c1cccnc1. The maximum atomic E-state index is 12.0. The third-order valence-corrected chi connectivity index (χ3v) is 3.81. The Morgan fingerprint density at radius 1 is 1.04 bits per heavy atom. The van der Waals surface area contributed by atoms with Crippen LogP contribution in [-0.2, 0) is 6.54 Å². The van der Waals surface area contributed by atoms with Gasteiger partial charge in [0.1, 0.15) is 0 Å². The number of pyridine rings is 1. The molecule has 0 aliphatic carbocycles. The highest BCUT2D eigenvalue weighted by Crippen LogP contribution is 2.16. The van der Waals surface area contributed by atoms with E-state index >= 15 is 0 Å². The lowest BCUT2D eigenvalue weighted by Crippen LogP contribution is -2.22. The monoisotopic (exact) mass is 399 g/mol. The molecule has 3 rings (SSSR count). The highest BCUT2D eigenvalue weighted by molar-refractivity contribution is 9.10. The molecule has 0 unspecified atom stereocenters. The van der Waals surface area contributed by atoms with Gasteiger partial charge in [0, 0.05) is 24.6 Å². The fraction of sp³-hybridized carbons (Fsp3) is 0.0556. The number of nitrogens with one attached hydrogen (secondary N) is 2. The maximum Gasteiger partial charge on any atom is 0.291 e. The number of anilines is 1. The highest BCUT2D eigenvalue weighted by Gasteiger charge is 2.10. The first-order valence-electron chi connectivity index (χ1n) is 7.46. The van der Waals surface area contributed by atoms with E-state index < -0.39 is 0 Å². The van der Waals surface area contributed by atoms with Crippen molar-refractivity contribution in [3.05, 3.63) is 82.5 Å². The average molecular weight is 400 g/mol. The summed E-state index contributed by atoms with van der Waals surface area (Å²) in [5.74, 6) is -0.295. The average Bonchev–Trinajstić information content (AvgIpc) is 3.08. The van der Waals surface area contributed by atoms with E-state index in [-0.39, 0.29) is 17.6 Å². The van der Waals surface area contributed by atoms with Crippen LogP contribution in [0.2, 0.25) is 0 Å². The van der Waals surface area contributed by atoms with Crippen LogP contribution in [0.15, 0.2) is 70.0 Å². The molecule has 0 aliphatic heterocycles. The Hall–Kier alpha value is -2.93. The minimum atomic E-state index is -0.330. The van der Waals surface area contributed by atoms with Crippen LogP contribution in [-0.4, -0.2) is 16.8 Å². The second-order valence-electron chi connectivity index (χ2n) is 5.18. The molecule has 2 aromatic heterocycles. The smallest absolute Gasteiger partial charge is 0.291 e. The first-order chi connectivity index (χ1) is 12.1. The Kier molecular flexibility index (Phi) is 5.25. The van der Waals surface area contributed by atoms with Crippen molar-refractivity contribution >= 4 is 33.4 Å². The molecule has 3 aromatic rings. The zero-order chi connectivity index (χ0) is 17.6. The molecule has 0 saturated carbocycles. The van der Waals surface area contributed by atoms with Crippen LogP contribution >= 0.6 is 15.9 Å². The number of benzene rings is 1. The Balaban J connectivity index is 1.55. The number of amides is 2. The Morgan fingerprint density at radius 3 is 2.48 bits per heavy atom. The number of aromatic nitrogens is 1. The molecule has 0 aliphatic rings. The zero-order valence-electron chi connectivity index (χ0n) is 13.0. The molecule has 0 spiro atoms. The van der Waals surface area contributed by atoms with E-state index in [1.807, 2.05) is 12.1 Å². The Morgan fingerprint density at radius 2 is 1.84 bits per heavy atom. The molecule has 0 radical (unpaired) electrons. The lowest BCUT2D eigenvalue weighted by atomic mass is 10.2. The molecule has 7 heteroatoms. The van der Waals surface area contributed by atoms with Gasteiger partial charge in [-0.1, -0.05) is 12.1 Å². The number of hydrogen-bond acceptors (Lipinski definition) is 4. The molecule has 2 heterocycles. The maximum absolute atomic E-state index is 12.0. The van der Waals surface area contributed by atoms with Gasteiger partial charge in [0.25, 0.3) is 11.8 Å². The molecule has 1 aromatic carbocycles. The standard InChI is InChI=1S/C18H14BrN3O3/c19-16-8-7-15(25-16)18(24)22-14-5-3-12(4-6-14)10-21-17(23)13-2-1-9-20-11-13/h1-9,11H,10H2,(H,21,23)(H,22,24). The predicted octanol–water partition coefficient (Wildman–Crippen LogP) is 3.62. The van der Waals surface area contributed by atoms with Gasteiger partial charge in [0.05, 0.1) is 5.56 Å². The van der Waals surface area contributed by atoms with Crippen LogP contribution in [0.5, 0.6) is 0 Å². The van der Waals surface area contributed by atoms with E-state index in [1.165, 1.54) is 6.20 Å². The van der Waals surface area contributed by atoms with E-state index in [4.69, 9.17) is 4.42 Å². The molecule has 0 fully saturated rings. The zero-order valence-corrected chi connectivity index (χ0v) is 14.6. The van der Waals surface area contributed by atoms with Crippen molar-refractivity contribution in [2.24, 2.45) is 0 Å². The molecule has 0 atom stereocenters. The summed E-state index contributed by atoms with van der Waals surface area (Å²) in [6.07, 6.45) is 3.13. The molecule has 0 bridgehead atoms. The third kappa shape index (κ3) is 4.54. The summed E-state index contributed by atoms with van der Waals surface area (Å²) >= 11 is 3.16. The van der Waals surface area contributed by atoms with E-state index in [0.717, 1.165) is 5.56 Å². The van der Waals surface area contributed by atoms with Crippen molar-refractivity contribution in [2.75, 3.05) is 5.32 Å². The number of carbonyl (C=O) groups is 2. The molecule has 6 nitrogen and oxygen atoms in total. The Bertz CT molecular complexity index is 876. The van der Waals surface area contributed by atoms with Crippen molar-refractivity contribution in [1.29, 1.82) is 0 Å². The normalized spacial score (nSPS) is 10.3. The molecule has 2 amide bonds. The largest absolute Gasteiger partial charge is 0.444 e. The van der Waals surface area contributed by atoms with Gasteiger partial charge in [0.15, 0.2) is 10.4 Å². The van der Waals surface area contributed by atoms with Crippen molar-refractivity contribution in [2.45, 2.75) is 6.54 Å². The molecule has 126 valence electrons. The van der Waals surface area contributed by atoms with E-state index in [2.05, 4.69) is 31.5 Å². The van der Waals surface area contributed by atoms with E-state index in [1.54, 1.807) is 42.6 Å². The first kappa shape index (κ1) is 16.9. The number of carbonyl (C=O) groups excluding carboxylic acids is 2. The molecular weight excluding hydrogens is 386 g/mol. The second-order valence-corrected chi connectivity index (χ2v) is 5.96. The number of halogens is 1. The number of rotatable bonds is 5. The topological polar surface area (TPSA) is 84.2 Å². The predicted molar refractivity (Wildman–Crippen MR) is 96.2 cm³/mol. The van der Waals surface area contributed by atoms with Crippen LogP contribution in [0.1, 0.15) is 26.5 Å². The highest BCUT2D eigenvalue weighted by atomic mass is 79.9. The van der Waals surface area contributed by atoms with Crippen molar-refractivity contribution in [3.8, 4) is 0 Å². The summed E-state index contributed by atoms with van der Waals surface area (Å²) in [5, 5.41) is 5.56. The number of furan rings is 1. The van der Waals surface area contributed by atoms with Crippen molar-refractivity contribution < 1.29 is 14.0 Å². The van der Waals surface area contributed by atoms with Gasteiger partial charge in [-0.15, -0.1) is 0 Å². The van der Waals surface area contributed by atoms with Crippen LogP contribution < -0.4 is 10.6 Å². The van der Waals surface area contributed by atoms with E-state index in [0.29, 0.717) is 22.5 Å². The Labute approximate surface area is 152 Å². The summed E-state index contributed by atoms with van der Waals surface area (Å²) < 4.78 is 5.70. The molecule has 25 heavy (non-hydrogen) atoms. The lowest BCUT2D eigenvalue weighted by Gasteiger charge is -2.07. The third-order valence-electron chi connectivity index (χ3n) is 3.39.